The van der Waals surface area contributed by atoms with Crippen molar-refractivity contribution < 1.29 is 0 Å². The van der Waals surface area contributed by atoms with Gasteiger partial charge >= 0.3 is 0 Å². The van der Waals surface area contributed by atoms with E-state index in [1.165, 1.54) is 11.8 Å². The first-order chi connectivity index (χ1) is 13.7. The van der Waals surface area contributed by atoms with E-state index >= 15 is 0 Å². The van der Waals surface area contributed by atoms with Gasteiger partial charge in [0.2, 0.25) is 5.95 Å². The Kier molecular flexibility index (Phi) is 6.63. The third kappa shape index (κ3) is 4.88. The van der Waals surface area contributed by atoms with Crippen LogP contribution >= 0.6 is 0 Å². The zero-order valence-electron chi connectivity index (χ0n) is 16.3. The first-order valence-corrected chi connectivity index (χ1v) is 9.38. The second kappa shape index (κ2) is 9.55. The van der Waals surface area contributed by atoms with E-state index in [1.807, 2.05) is 55.7 Å². The molecule has 1 aromatic heterocycles. The minimum absolute atomic E-state index is 0.569. The van der Waals surface area contributed by atoms with Gasteiger partial charge in [0.1, 0.15) is 0 Å². The maximum absolute atomic E-state index is 7.35. The van der Waals surface area contributed by atoms with E-state index in [9.17, 15) is 0 Å². The van der Waals surface area contributed by atoms with Crippen LogP contribution < -0.4 is 5.32 Å². The standard InChI is InChI=1S/C23H25N5/c1-17-9-6-7-13-20(17)22(25-2)15-21-18(10-8-14-24)16-26-23(28-21)27-19-11-4-3-5-12-19/h3-7,9,11-14,16,24H,8,10,15H2,1-2H3,(H,26,27,28). The summed E-state index contributed by atoms with van der Waals surface area (Å²) in [6, 6.07) is 18.2. The summed E-state index contributed by atoms with van der Waals surface area (Å²) >= 11 is 0. The molecule has 0 aliphatic carbocycles. The van der Waals surface area contributed by atoms with Gasteiger partial charge in [0.15, 0.2) is 0 Å². The van der Waals surface area contributed by atoms with Crippen LogP contribution in [0, 0.1) is 12.3 Å². The molecule has 0 bridgehead atoms. The highest BCUT2D eigenvalue weighted by Gasteiger charge is 2.13. The van der Waals surface area contributed by atoms with E-state index in [-0.39, 0.29) is 0 Å². The van der Waals surface area contributed by atoms with E-state index in [2.05, 4.69) is 34.3 Å². The van der Waals surface area contributed by atoms with E-state index in [1.54, 1.807) is 0 Å². The number of para-hydroxylation sites is 1. The van der Waals surface area contributed by atoms with Crippen molar-refractivity contribution in [1.29, 1.82) is 5.41 Å². The number of hydrogen-bond donors (Lipinski definition) is 2. The SMILES string of the molecule is CN=C(Cc1nc(Nc2ccccc2)ncc1CCC=N)c1ccccc1C. The van der Waals surface area contributed by atoms with Crippen LogP contribution in [0.2, 0.25) is 0 Å². The van der Waals surface area contributed by atoms with Crippen LogP contribution in [0.15, 0.2) is 65.8 Å². The highest BCUT2D eigenvalue weighted by Crippen LogP contribution is 2.18. The Morgan fingerprint density at radius 1 is 1.11 bits per heavy atom. The Morgan fingerprint density at radius 3 is 2.57 bits per heavy atom. The fourth-order valence-corrected chi connectivity index (χ4v) is 3.09. The van der Waals surface area contributed by atoms with Crippen LogP contribution in [0.4, 0.5) is 11.6 Å². The molecule has 5 heteroatoms. The minimum Gasteiger partial charge on any atom is -0.324 e. The largest absolute Gasteiger partial charge is 0.324 e. The molecule has 2 N–H and O–H groups in total. The molecular weight excluding hydrogens is 346 g/mol. The smallest absolute Gasteiger partial charge is 0.227 e. The fourth-order valence-electron chi connectivity index (χ4n) is 3.09. The van der Waals surface area contributed by atoms with Gasteiger partial charge in [-0.2, -0.15) is 0 Å². The van der Waals surface area contributed by atoms with Gasteiger partial charge in [0, 0.05) is 31.1 Å². The van der Waals surface area contributed by atoms with Gasteiger partial charge < -0.3 is 10.7 Å². The number of nitrogens with one attached hydrogen (secondary N) is 2. The Morgan fingerprint density at radius 2 is 1.86 bits per heavy atom. The average Bonchev–Trinajstić information content (AvgIpc) is 2.73. The van der Waals surface area contributed by atoms with Crippen LogP contribution in [-0.2, 0) is 12.8 Å². The van der Waals surface area contributed by atoms with Crippen LogP contribution in [0.25, 0.3) is 0 Å². The third-order valence-electron chi connectivity index (χ3n) is 4.60. The number of rotatable bonds is 8. The first kappa shape index (κ1) is 19.4. The van der Waals surface area contributed by atoms with Crippen molar-refractivity contribution in [2.45, 2.75) is 26.2 Å². The molecule has 0 radical (unpaired) electrons. The number of aliphatic imine (C=N–C) groups is 1. The predicted octanol–water partition coefficient (Wildman–Crippen LogP) is 4.77. The molecule has 0 aliphatic heterocycles. The topological polar surface area (TPSA) is 74.0 Å². The summed E-state index contributed by atoms with van der Waals surface area (Å²) in [5.41, 5.74) is 6.28. The number of aryl methyl sites for hydroxylation is 2. The molecular formula is C23H25N5. The lowest BCUT2D eigenvalue weighted by molar-refractivity contribution is 0.947. The van der Waals surface area contributed by atoms with E-state index in [4.69, 9.17) is 10.4 Å². The molecule has 142 valence electrons. The summed E-state index contributed by atoms with van der Waals surface area (Å²) in [4.78, 5) is 13.8. The normalized spacial score (nSPS) is 11.3. The lowest BCUT2D eigenvalue weighted by Gasteiger charge is -2.13. The lowest BCUT2D eigenvalue weighted by atomic mass is 9.98. The summed E-state index contributed by atoms with van der Waals surface area (Å²) in [5.74, 6) is 0.569. The summed E-state index contributed by atoms with van der Waals surface area (Å²) in [7, 11) is 1.82. The molecule has 1 heterocycles. The highest BCUT2D eigenvalue weighted by molar-refractivity contribution is 6.02. The number of hydrogen-bond acceptors (Lipinski definition) is 5. The Hall–Kier alpha value is -3.34. The Bertz CT molecular complexity index is 964. The maximum Gasteiger partial charge on any atom is 0.227 e. The molecule has 0 saturated heterocycles. The molecule has 3 aromatic rings. The molecule has 28 heavy (non-hydrogen) atoms. The Labute approximate surface area is 166 Å². The third-order valence-corrected chi connectivity index (χ3v) is 4.60. The van der Waals surface area contributed by atoms with Crippen molar-refractivity contribution in [3.63, 3.8) is 0 Å². The van der Waals surface area contributed by atoms with Gasteiger partial charge in [-0.05, 0) is 54.8 Å². The molecule has 0 spiro atoms. The Balaban J connectivity index is 1.92. The molecule has 0 unspecified atom stereocenters. The molecule has 0 fully saturated rings. The number of nitrogens with zero attached hydrogens (tertiary/aromatic N) is 3. The van der Waals surface area contributed by atoms with Crippen LogP contribution in [0.1, 0.15) is 28.8 Å². The van der Waals surface area contributed by atoms with Crippen molar-refractivity contribution in [2.75, 3.05) is 12.4 Å². The van der Waals surface area contributed by atoms with Crippen molar-refractivity contribution >= 4 is 23.6 Å². The average molecular weight is 371 g/mol. The number of anilines is 2. The van der Waals surface area contributed by atoms with Crippen molar-refractivity contribution in [3.05, 3.63) is 83.2 Å². The van der Waals surface area contributed by atoms with Gasteiger partial charge in [-0.3, -0.25) is 4.99 Å². The summed E-state index contributed by atoms with van der Waals surface area (Å²) in [6.45, 7) is 2.10. The van der Waals surface area contributed by atoms with Crippen LogP contribution in [0.5, 0.6) is 0 Å². The molecule has 2 aromatic carbocycles. The molecule has 3 rings (SSSR count). The van der Waals surface area contributed by atoms with Crippen LogP contribution in [0.3, 0.4) is 0 Å². The van der Waals surface area contributed by atoms with E-state index < -0.39 is 0 Å². The van der Waals surface area contributed by atoms with Crippen LogP contribution in [-0.4, -0.2) is 28.9 Å². The second-order valence-corrected chi connectivity index (χ2v) is 6.56. The van der Waals surface area contributed by atoms with Crippen molar-refractivity contribution in [3.8, 4) is 0 Å². The maximum atomic E-state index is 7.35. The van der Waals surface area contributed by atoms with Crippen molar-refractivity contribution in [2.24, 2.45) is 4.99 Å². The molecule has 0 saturated carbocycles. The summed E-state index contributed by atoms with van der Waals surface area (Å²) in [6.07, 6.45) is 5.33. The van der Waals surface area contributed by atoms with Gasteiger partial charge in [0.05, 0.1) is 5.69 Å². The van der Waals surface area contributed by atoms with Gasteiger partial charge in [0.25, 0.3) is 0 Å². The molecule has 0 atom stereocenters. The summed E-state index contributed by atoms with van der Waals surface area (Å²) in [5, 5.41) is 10.6. The highest BCUT2D eigenvalue weighted by atomic mass is 15.1. The number of benzene rings is 2. The summed E-state index contributed by atoms with van der Waals surface area (Å²) < 4.78 is 0. The zero-order chi connectivity index (χ0) is 19.8. The zero-order valence-corrected chi connectivity index (χ0v) is 16.3. The second-order valence-electron chi connectivity index (χ2n) is 6.56. The van der Waals surface area contributed by atoms with E-state index in [0.717, 1.165) is 34.6 Å². The fraction of sp³-hybridized carbons (Fsp3) is 0.217. The lowest BCUT2D eigenvalue weighted by Crippen LogP contribution is -2.12. The quantitative estimate of drug-likeness (QED) is 0.560. The van der Waals surface area contributed by atoms with E-state index in [0.29, 0.717) is 18.8 Å². The molecule has 0 amide bonds. The van der Waals surface area contributed by atoms with Crippen molar-refractivity contribution in [1.82, 2.24) is 9.97 Å². The first-order valence-electron chi connectivity index (χ1n) is 9.38. The molecule has 5 nitrogen and oxygen atoms in total. The van der Waals surface area contributed by atoms with Gasteiger partial charge in [-0.25, -0.2) is 9.97 Å². The van der Waals surface area contributed by atoms with Gasteiger partial charge in [-0.1, -0.05) is 42.5 Å². The van der Waals surface area contributed by atoms with Gasteiger partial charge in [-0.15, -0.1) is 0 Å². The minimum atomic E-state index is 0.569. The molecule has 0 aliphatic rings. The number of aromatic nitrogens is 2. The monoisotopic (exact) mass is 371 g/mol. The predicted molar refractivity (Wildman–Crippen MR) is 116 cm³/mol.